The first kappa shape index (κ1) is 16.9. The summed E-state index contributed by atoms with van der Waals surface area (Å²) in [4.78, 5) is 3.22. The Labute approximate surface area is 132 Å². The maximum atomic E-state index is 12.4. The number of likely N-dealkylation sites (N-methyl/N-ethyl adjacent to an activating group) is 1. The Balaban J connectivity index is 1.99. The second-order valence-electron chi connectivity index (χ2n) is 5.95. The normalized spacial score (nSPS) is 22.6. The molecular weight excluding hydrogens is 306 g/mol. The summed E-state index contributed by atoms with van der Waals surface area (Å²) < 4.78 is 29.2. The second kappa shape index (κ2) is 7.19. The van der Waals surface area contributed by atoms with Gasteiger partial charge < -0.3 is 4.90 Å². The van der Waals surface area contributed by atoms with Crippen LogP contribution in [0.25, 0.3) is 0 Å². The van der Waals surface area contributed by atoms with Crippen LogP contribution >= 0.6 is 11.3 Å². The zero-order valence-corrected chi connectivity index (χ0v) is 14.6. The van der Waals surface area contributed by atoms with Crippen LogP contribution in [0.2, 0.25) is 0 Å². The zero-order valence-electron chi connectivity index (χ0n) is 12.9. The van der Waals surface area contributed by atoms with Crippen LogP contribution in [-0.4, -0.2) is 51.4 Å². The van der Waals surface area contributed by atoms with E-state index >= 15 is 0 Å². The van der Waals surface area contributed by atoms with Crippen molar-refractivity contribution >= 4 is 21.5 Å². The van der Waals surface area contributed by atoms with Gasteiger partial charge in [0.25, 0.3) is 10.2 Å². The first-order chi connectivity index (χ1) is 9.90. The highest BCUT2D eigenvalue weighted by atomic mass is 32.2. The van der Waals surface area contributed by atoms with Crippen LogP contribution in [0, 0.1) is 5.92 Å². The minimum absolute atomic E-state index is 0.0713. The maximum Gasteiger partial charge on any atom is 0.279 e. The Hall–Kier alpha value is -0.470. The summed E-state index contributed by atoms with van der Waals surface area (Å²) >= 11 is 1.66. The third-order valence-electron chi connectivity index (χ3n) is 3.91. The van der Waals surface area contributed by atoms with Gasteiger partial charge in [-0.2, -0.15) is 12.7 Å². The lowest BCUT2D eigenvalue weighted by molar-refractivity contribution is 0.271. The van der Waals surface area contributed by atoms with E-state index in [0.29, 0.717) is 25.6 Å². The minimum atomic E-state index is -3.37. The molecule has 5 nitrogen and oxygen atoms in total. The van der Waals surface area contributed by atoms with Crippen molar-refractivity contribution in [1.82, 2.24) is 13.9 Å². The Morgan fingerprint density at radius 2 is 2.29 bits per heavy atom. The Bertz CT molecular complexity index is 528. The Kier molecular flexibility index (Phi) is 5.79. The first-order valence-corrected chi connectivity index (χ1v) is 9.66. The molecule has 2 unspecified atom stereocenters. The smallest absolute Gasteiger partial charge is 0.279 e. The molecule has 1 aliphatic rings. The van der Waals surface area contributed by atoms with Crippen LogP contribution in [0.1, 0.15) is 30.7 Å². The van der Waals surface area contributed by atoms with E-state index in [4.69, 9.17) is 0 Å². The van der Waals surface area contributed by atoms with Crippen LogP contribution in [0.4, 0.5) is 0 Å². The van der Waals surface area contributed by atoms with Gasteiger partial charge in [0.1, 0.15) is 0 Å². The number of nitrogens with zero attached hydrogens (tertiary/aromatic N) is 2. The molecule has 1 fully saturated rings. The van der Waals surface area contributed by atoms with E-state index in [1.54, 1.807) is 15.6 Å². The highest BCUT2D eigenvalue weighted by Gasteiger charge is 2.28. The highest BCUT2D eigenvalue weighted by Crippen LogP contribution is 2.23. The molecule has 21 heavy (non-hydrogen) atoms. The summed E-state index contributed by atoms with van der Waals surface area (Å²) in [5.74, 6) is 0.442. The fraction of sp³-hybridized carbons (Fsp3) is 0.714. The van der Waals surface area contributed by atoms with E-state index in [-0.39, 0.29) is 6.04 Å². The van der Waals surface area contributed by atoms with Gasteiger partial charge in [0.2, 0.25) is 0 Å². The average molecular weight is 332 g/mol. The molecule has 0 saturated carbocycles. The van der Waals surface area contributed by atoms with E-state index in [1.807, 2.05) is 36.5 Å². The molecule has 1 aromatic rings. The molecule has 0 radical (unpaired) electrons. The SMILES string of the molecule is CC1CCCN(S(=O)(=O)NCC(c2cccs2)N(C)C)C1. The minimum Gasteiger partial charge on any atom is -0.300 e. The molecule has 120 valence electrons. The largest absolute Gasteiger partial charge is 0.300 e. The molecule has 2 rings (SSSR count). The van der Waals surface area contributed by atoms with Crippen LogP contribution in [0.5, 0.6) is 0 Å². The summed E-state index contributed by atoms with van der Waals surface area (Å²) in [6.07, 6.45) is 2.06. The van der Waals surface area contributed by atoms with Gasteiger partial charge in [0.05, 0.1) is 6.04 Å². The van der Waals surface area contributed by atoms with E-state index in [9.17, 15) is 8.42 Å². The predicted octanol–water partition coefficient (Wildman–Crippen LogP) is 1.92. The van der Waals surface area contributed by atoms with E-state index in [0.717, 1.165) is 12.8 Å². The van der Waals surface area contributed by atoms with Crippen molar-refractivity contribution in [2.75, 3.05) is 33.7 Å². The molecule has 2 heterocycles. The Morgan fingerprint density at radius 1 is 1.52 bits per heavy atom. The summed E-state index contributed by atoms with van der Waals surface area (Å²) in [7, 11) is 0.573. The van der Waals surface area contributed by atoms with Crippen LogP contribution in [0.3, 0.4) is 0 Å². The maximum absolute atomic E-state index is 12.4. The number of hydrogen-bond acceptors (Lipinski definition) is 4. The lowest BCUT2D eigenvalue weighted by Gasteiger charge is -2.31. The third-order valence-corrected chi connectivity index (χ3v) is 6.43. The van der Waals surface area contributed by atoms with Crippen molar-refractivity contribution in [2.24, 2.45) is 5.92 Å². The van der Waals surface area contributed by atoms with Gasteiger partial charge in [-0.15, -0.1) is 11.3 Å². The standard InChI is InChI=1S/C14H25N3O2S2/c1-12-6-4-8-17(11-12)21(18,19)15-10-13(16(2)3)14-7-5-9-20-14/h5,7,9,12-13,15H,4,6,8,10-11H2,1-3H3. The van der Waals surface area contributed by atoms with Crippen LogP contribution < -0.4 is 4.72 Å². The topological polar surface area (TPSA) is 52.7 Å². The summed E-state index contributed by atoms with van der Waals surface area (Å²) in [6.45, 7) is 3.77. The lowest BCUT2D eigenvalue weighted by atomic mass is 10.0. The monoisotopic (exact) mass is 331 g/mol. The van der Waals surface area contributed by atoms with Crippen LogP contribution in [-0.2, 0) is 10.2 Å². The Morgan fingerprint density at radius 3 is 2.86 bits per heavy atom. The van der Waals surface area contributed by atoms with Gasteiger partial charge in [-0.3, -0.25) is 0 Å². The van der Waals surface area contributed by atoms with Gasteiger partial charge in [-0.25, -0.2) is 4.72 Å². The van der Waals surface area contributed by atoms with E-state index in [2.05, 4.69) is 11.6 Å². The lowest BCUT2D eigenvalue weighted by Crippen LogP contribution is -2.47. The molecule has 0 aromatic carbocycles. The summed E-state index contributed by atoms with van der Waals surface area (Å²) in [5, 5.41) is 2.02. The molecule has 1 aliphatic heterocycles. The number of hydrogen-bond donors (Lipinski definition) is 1. The number of piperidine rings is 1. The quantitative estimate of drug-likeness (QED) is 0.866. The van der Waals surface area contributed by atoms with Crippen LogP contribution in [0.15, 0.2) is 17.5 Å². The zero-order chi connectivity index (χ0) is 15.5. The van der Waals surface area contributed by atoms with Crippen molar-refractivity contribution in [3.8, 4) is 0 Å². The van der Waals surface area contributed by atoms with Crippen molar-refractivity contribution in [3.05, 3.63) is 22.4 Å². The molecule has 7 heteroatoms. The fourth-order valence-electron chi connectivity index (χ4n) is 2.66. The molecule has 1 saturated heterocycles. The molecule has 1 aromatic heterocycles. The van der Waals surface area contributed by atoms with Gasteiger partial charge >= 0.3 is 0 Å². The molecule has 1 N–H and O–H groups in total. The van der Waals surface area contributed by atoms with E-state index in [1.165, 1.54) is 4.88 Å². The molecule has 0 bridgehead atoms. The van der Waals surface area contributed by atoms with Gasteiger partial charge in [0.15, 0.2) is 0 Å². The fourth-order valence-corrected chi connectivity index (χ4v) is 4.95. The first-order valence-electron chi connectivity index (χ1n) is 7.34. The predicted molar refractivity (Wildman–Crippen MR) is 87.6 cm³/mol. The van der Waals surface area contributed by atoms with Crippen molar-refractivity contribution in [1.29, 1.82) is 0 Å². The van der Waals surface area contributed by atoms with Gasteiger partial charge in [0, 0.05) is 24.5 Å². The average Bonchev–Trinajstić information content (AvgIpc) is 2.92. The van der Waals surface area contributed by atoms with Gasteiger partial charge in [-0.05, 0) is 44.3 Å². The summed E-state index contributed by atoms with van der Waals surface area (Å²) in [6, 6.07) is 4.12. The van der Waals surface area contributed by atoms with Crippen molar-refractivity contribution < 1.29 is 8.42 Å². The number of nitrogens with one attached hydrogen (secondary N) is 1. The second-order valence-corrected chi connectivity index (χ2v) is 8.69. The van der Waals surface area contributed by atoms with E-state index < -0.39 is 10.2 Å². The highest BCUT2D eigenvalue weighted by molar-refractivity contribution is 7.87. The van der Waals surface area contributed by atoms with Crippen molar-refractivity contribution in [2.45, 2.75) is 25.8 Å². The number of rotatable bonds is 6. The summed E-state index contributed by atoms with van der Waals surface area (Å²) in [5.41, 5.74) is 0. The number of thiophene rings is 1. The molecular formula is C14H25N3O2S2. The third kappa shape index (κ3) is 4.50. The molecule has 0 aliphatic carbocycles. The molecule has 0 amide bonds. The van der Waals surface area contributed by atoms with Crippen molar-refractivity contribution in [3.63, 3.8) is 0 Å². The molecule has 0 spiro atoms. The molecule has 2 atom stereocenters. The van der Waals surface area contributed by atoms with Gasteiger partial charge in [-0.1, -0.05) is 13.0 Å².